The minimum atomic E-state index is -0.442. The zero-order chi connectivity index (χ0) is 19.6. The van der Waals surface area contributed by atoms with E-state index in [0.717, 1.165) is 17.7 Å². The Kier molecular flexibility index (Phi) is 4.97. The van der Waals surface area contributed by atoms with Gasteiger partial charge in [-0.25, -0.2) is 4.68 Å². The van der Waals surface area contributed by atoms with Crippen LogP contribution < -0.4 is 10.1 Å². The van der Waals surface area contributed by atoms with Crippen molar-refractivity contribution in [1.82, 2.24) is 30.4 Å². The monoisotopic (exact) mass is 384 g/mol. The Morgan fingerprint density at radius 3 is 3.04 bits per heavy atom. The second-order valence-corrected chi connectivity index (χ2v) is 7.54. The van der Waals surface area contributed by atoms with Gasteiger partial charge in [-0.05, 0) is 22.9 Å². The fourth-order valence-corrected chi connectivity index (χ4v) is 3.97. The summed E-state index contributed by atoms with van der Waals surface area (Å²) in [5, 5.41) is 14.1. The van der Waals surface area contributed by atoms with Gasteiger partial charge >= 0.3 is 0 Å². The summed E-state index contributed by atoms with van der Waals surface area (Å²) in [5.41, 5.74) is 0.538. The van der Waals surface area contributed by atoms with Crippen LogP contribution in [-0.4, -0.2) is 56.1 Å². The van der Waals surface area contributed by atoms with E-state index in [0.29, 0.717) is 38.8 Å². The number of benzene rings is 1. The average molecular weight is 384 g/mol. The van der Waals surface area contributed by atoms with Gasteiger partial charge in [-0.15, -0.1) is 5.10 Å². The van der Waals surface area contributed by atoms with Gasteiger partial charge in [-0.2, -0.15) is 0 Å². The van der Waals surface area contributed by atoms with Crippen molar-refractivity contribution in [3.05, 3.63) is 36.2 Å². The van der Waals surface area contributed by atoms with E-state index in [-0.39, 0.29) is 17.9 Å². The SMILES string of the molecule is CN1CC[C@@]2(CCC1=O)C[C@@H](NC(=O)CCn1cnnn1)c1ccccc1O2. The standard InChI is InChI=1S/C19H24N6O3/c1-24-11-9-19(8-6-18(24)27)12-15(14-4-2-3-5-16(14)28-19)21-17(26)7-10-25-13-20-22-23-25/h2-5,13,15H,6-12H2,1H3,(H,21,26)/t15-,19+/m1/s1. The average Bonchev–Trinajstić information content (AvgIpc) is 3.18. The lowest BCUT2D eigenvalue weighted by molar-refractivity contribution is -0.129. The van der Waals surface area contributed by atoms with Crippen LogP contribution in [0.25, 0.3) is 0 Å². The summed E-state index contributed by atoms with van der Waals surface area (Å²) in [5.74, 6) is 0.868. The molecule has 1 fully saturated rings. The van der Waals surface area contributed by atoms with Crippen LogP contribution in [0.2, 0.25) is 0 Å². The molecule has 28 heavy (non-hydrogen) atoms. The number of carbonyl (C=O) groups is 2. The number of rotatable bonds is 4. The molecule has 1 aromatic carbocycles. The van der Waals surface area contributed by atoms with E-state index >= 15 is 0 Å². The highest BCUT2D eigenvalue weighted by Crippen LogP contribution is 2.44. The first-order chi connectivity index (χ1) is 13.5. The molecule has 4 rings (SSSR count). The lowest BCUT2D eigenvalue weighted by Gasteiger charge is -2.42. The van der Waals surface area contributed by atoms with Crippen molar-refractivity contribution in [2.45, 2.75) is 50.3 Å². The van der Waals surface area contributed by atoms with E-state index in [1.807, 2.05) is 31.3 Å². The Bertz CT molecular complexity index is 855. The fraction of sp³-hybridized carbons (Fsp3) is 0.526. The molecular formula is C19H24N6O3. The van der Waals surface area contributed by atoms with E-state index in [1.165, 1.54) is 11.0 Å². The van der Waals surface area contributed by atoms with Gasteiger partial charge in [0, 0.05) is 44.8 Å². The van der Waals surface area contributed by atoms with E-state index in [9.17, 15) is 9.59 Å². The van der Waals surface area contributed by atoms with E-state index in [4.69, 9.17) is 4.74 Å². The lowest BCUT2D eigenvalue weighted by atomic mass is 9.82. The molecule has 2 atom stereocenters. The largest absolute Gasteiger partial charge is 0.487 e. The molecule has 0 radical (unpaired) electrons. The predicted molar refractivity (Wildman–Crippen MR) is 99.2 cm³/mol. The molecule has 2 aliphatic rings. The Balaban J connectivity index is 1.50. The highest BCUT2D eigenvalue weighted by Gasteiger charge is 2.43. The van der Waals surface area contributed by atoms with Gasteiger partial charge in [0.2, 0.25) is 11.8 Å². The molecule has 9 nitrogen and oxygen atoms in total. The van der Waals surface area contributed by atoms with Crippen molar-refractivity contribution in [2.75, 3.05) is 13.6 Å². The summed E-state index contributed by atoms with van der Waals surface area (Å²) in [6, 6.07) is 7.66. The van der Waals surface area contributed by atoms with Crippen LogP contribution in [0.3, 0.4) is 0 Å². The third-order valence-corrected chi connectivity index (χ3v) is 5.61. The number of aromatic nitrogens is 4. The number of fused-ring (bicyclic) bond motifs is 1. The Morgan fingerprint density at radius 2 is 2.21 bits per heavy atom. The van der Waals surface area contributed by atoms with Crippen molar-refractivity contribution in [2.24, 2.45) is 0 Å². The van der Waals surface area contributed by atoms with Crippen LogP contribution in [0.5, 0.6) is 5.75 Å². The molecule has 2 amide bonds. The van der Waals surface area contributed by atoms with Crippen LogP contribution in [0.1, 0.15) is 43.7 Å². The molecule has 148 valence electrons. The Hall–Kier alpha value is -2.97. The van der Waals surface area contributed by atoms with Crippen molar-refractivity contribution < 1.29 is 14.3 Å². The number of likely N-dealkylation sites (tertiary alicyclic amines) is 1. The second kappa shape index (κ2) is 7.57. The fourth-order valence-electron chi connectivity index (χ4n) is 3.97. The van der Waals surface area contributed by atoms with Crippen LogP contribution in [0, 0.1) is 0 Å². The van der Waals surface area contributed by atoms with Gasteiger partial charge in [0.05, 0.1) is 12.6 Å². The quantitative estimate of drug-likeness (QED) is 0.846. The molecule has 1 saturated heterocycles. The molecule has 9 heteroatoms. The number of aryl methyl sites for hydroxylation is 1. The molecule has 1 N–H and O–H groups in total. The molecule has 2 aliphatic heterocycles. The van der Waals surface area contributed by atoms with Crippen LogP contribution in [0.15, 0.2) is 30.6 Å². The minimum Gasteiger partial charge on any atom is -0.487 e. The normalized spacial score (nSPS) is 24.4. The zero-order valence-corrected chi connectivity index (χ0v) is 15.9. The maximum atomic E-state index is 12.6. The summed E-state index contributed by atoms with van der Waals surface area (Å²) >= 11 is 0. The molecule has 0 unspecified atom stereocenters. The molecular weight excluding hydrogens is 360 g/mol. The number of hydrogen-bond acceptors (Lipinski definition) is 6. The number of ether oxygens (including phenoxy) is 1. The molecule has 0 bridgehead atoms. The van der Waals surface area contributed by atoms with Gasteiger partial charge in [0.1, 0.15) is 17.7 Å². The number of nitrogens with zero attached hydrogens (tertiary/aromatic N) is 5. The number of carbonyl (C=O) groups excluding carboxylic acids is 2. The topological polar surface area (TPSA) is 102 Å². The van der Waals surface area contributed by atoms with E-state index < -0.39 is 5.60 Å². The minimum absolute atomic E-state index is 0.0610. The van der Waals surface area contributed by atoms with Crippen LogP contribution in [-0.2, 0) is 16.1 Å². The van der Waals surface area contributed by atoms with Crippen molar-refractivity contribution in [3.63, 3.8) is 0 Å². The summed E-state index contributed by atoms with van der Waals surface area (Å²) in [4.78, 5) is 26.5. The van der Waals surface area contributed by atoms with E-state index in [2.05, 4.69) is 20.8 Å². The van der Waals surface area contributed by atoms with Crippen LogP contribution >= 0.6 is 0 Å². The van der Waals surface area contributed by atoms with Crippen LogP contribution in [0.4, 0.5) is 0 Å². The number of nitrogens with one attached hydrogen (secondary N) is 1. The third-order valence-electron chi connectivity index (χ3n) is 5.61. The Morgan fingerprint density at radius 1 is 1.36 bits per heavy atom. The molecule has 0 aliphatic carbocycles. The first-order valence-corrected chi connectivity index (χ1v) is 9.57. The Labute approximate surface area is 163 Å². The van der Waals surface area contributed by atoms with Gasteiger partial charge in [0.25, 0.3) is 0 Å². The molecule has 0 saturated carbocycles. The van der Waals surface area contributed by atoms with Gasteiger partial charge in [-0.3, -0.25) is 9.59 Å². The lowest BCUT2D eigenvalue weighted by Crippen LogP contribution is -2.46. The molecule has 1 aromatic heterocycles. The number of tetrazole rings is 1. The first-order valence-electron chi connectivity index (χ1n) is 9.57. The zero-order valence-electron chi connectivity index (χ0n) is 15.9. The summed E-state index contributed by atoms with van der Waals surface area (Å²) in [7, 11) is 1.83. The maximum absolute atomic E-state index is 12.6. The number of para-hydroxylation sites is 1. The predicted octanol–water partition coefficient (Wildman–Crippen LogP) is 1.08. The summed E-state index contributed by atoms with van der Waals surface area (Å²) < 4.78 is 7.94. The van der Waals surface area contributed by atoms with Gasteiger partial charge < -0.3 is 15.0 Å². The highest BCUT2D eigenvalue weighted by molar-refractivity contribution is 5.77. The van der Waals surface area contributed by atoms with Gasteiger partial charge in [0.15, 0.2) is 0 Å². The summed E-state index contributed by atoms with van der Waals surface area (Å²) in [6.45, 7) is 1.08. The second-order valence-electron chi connectivity index (χ2n) is 7.54. The maximum Gasteiger partial charge on any atom is 0.222 e. The number of hydrogen-bond donors (Lipinski definition) is 1. The molecule has 2 aromatic rings. The van der Waals surface area contributed by atoms with E-state index in [1.54, 1.807) is 4.90 Å². The highest BCUT2D eigenvalue weighted by atomic mass is 16.5. The smallest absolute Gasteiger partial charge is 0.222 e. The van der Waals surface area contributed by atoms with Crippen molar-refractivity contribution in [1.29, 1.82) is 0 Å². The summed E-state index contributed by atoms with van der Waals surface area (Å²) in [6.07, 6.45) is 4.30. The number of amides is 2. The molecule has 1 spiro atoms. The first kappa shape index (κ1) is 18.4. The van der Waals surface area contributed by atoms with Crippen molar-refractivity contribution >= 4 is 11.8 Å². The van der Waals surface area contributed by atoms with Crippen molar-refractivity contribution in [3.8, 4) is 5.75 Å². The van der Waals surface area contributed by atoms with Gasteiger partial charge in [-0.1, -0.05) is 18.2 Å². The molecule has 3 heterocycles. The third kappa shape index (κ3) is 3.83.